The molecule has 4 heteroatoms. The van der Waals surface area contributed by atoms with Gasteiger partial charge in [-0.2, -0.15) is 5.10 Å². The van der Waals surface area contributed by atoms with E-state index >= 15 is 0 Å². The van der Waals surface area contributed by atoms with Gasteiger partial charge in [0.1, 0.15) is 6.10 Å². The maximum Gasteiger partial charge on any atom is 0.113 e. The molecule has 1 aromatic rings. The first kappa shape index (κ1) is 9.68. The van der Waals surface area contributed by atoms with Crippen LogP contribution in [0.2, 0.25) is 0 Å². The number of aryl methyl sites for hydroxylation is 1. The fourth-order valence-corrected chi connectivity index (χ4v) is 2.00. The second-order valence-electron chi connectivity index (χ2n) is 4.08. The number of aromatic nitrogens is 2. The van der Waals surface area contributed by atoms with E-state index in [9.17, 15) is 5.11 Å². The molecule has 2 atom stereocenters. The Morgan fingerprint density at radius 3 is 2.86 bits per heavy atom. The lowest BCUT2D eigenvalue weighted by atomic mass is 9.93. The van der Waals surface area contributed by atoms with Gasteiger partial charge in [-0.1, -0.05) is 0 Å². The number of hydrogen-bond acceptors (Lipinski definition) is 3. The van der Waals surface area contributed by atoms with Crippen molar-refractivity contribution in [2.24, 2.45) is 5.73 Å². The number of H-pyrrole nitrogens is 1. The Balaban J connectivity index is 2.30. The second-order valence-corrected chi connectivity index (χ2v) is 4.08. The second kappa shape index (κ2) is 3.71. The number of aromatic amines is 1. The third kappa shape index (κ3) is 1.55. The van der Waals surface area contributed by atoms with Gasteiger partial charge in [0.05, 0.1) is 5.69 Å². The topological polar surface area (TPSA) is 74.9 Å². The summed E-state index contributed by atoms with van der Waals surface area (Å²) in [5.41, 5.74) is 8.80. The molecule has 2 unspecified atom stereocenters. The van der Waals surface area contributed by atoms with E-state index in [1.54, 1.807) is 6.92 Å². The van der Waals surface area contributed by atoms with Gasteiger partial charge < -0.3 is 10.8 Å². The first-order valence-electron chi connectivity index (χ1n) is 5.20. The van der Waals surface area contributed by atoms with Crippen LogP contribution in [0.5, 0.6) is 0 Å². The maximum absolute atomic E-state index is 9.84. The van der Waals surface area contributed by atoms with Crippen LogP contribution in [0, 0.1) is 0 Å². The van der Waals surface area contributed by atoms with E-state index in [1.165, 1.54) is 24.1 Å². The van der Waals surface area contributed by atoms with E-state index < -0.39 is 6.10 Å². The lowest BCUT2D eigenvalue weighted by Crippen LogP contribution is -2.25. The summed E-state index contributed by atoms with van der Waals surface area (Å²) in [5.74, 6) is 0. The van der Waals surface area contributed by atoms with E-state index in [-0.39, 0.29) is 6.04 Å². The Morgan fingerprint density at radius 1 is 1.43 bits per heavy atom. The van der Waals surface area contributed by atoms with Crippen LogP contribution in [-0.2, 0) is 12.8 Å². The molecule has 0 aliphatic heterocycles. The number of rotatable bonds is 2. The van der Waals surface area contributed by atoms with Crippen molar-refractivity contribution in [3.8, 4) is 0 Å². The largest absolute Gasteiger partial charge is 0.385 e. The van der Waals surface area contributed by atoms with E-state index in [1.807, 2.05) is 0 Å². The molecule has 4 nitrogen and oxygen atoms in total. The smallest absolute Gasteiger partial charge is 0.113 e. The molecule has 0 saturated carbocycles. The van der Waals surface area contributed by atoms with Gasteiger partial charge >= 0.3 is 0 Å². The number of aliphatic hydroxyl groups excluding tert-OH is 1. The molecule has 2 rings (SSSR count). The van der Waals surface area contributed by atoms with Gasteiger partial charge in [0, 0.05) is 11.7 Å². The number of nitrogens with zero attached hydrogens (tertiary/aromatic N) is 1. The summed E-state index contributed by atoms with van der Waals surface area (Å²) in [5, 5.41) is 17.0. The first-order valence-corrected chi connectivity index (χ1v) is 5.20. The average molecular weight is 195 g/mol. The van der Waals surface area contributed by atoms with Crippen molar-refractivity contribution in [3.63, 3.8) is 0 Å². The summed E-state index contributed by atoms with van der Waals surface area (Å²) in [6, 6.07) is -0.260. The molecule has 14 heavy (non-hydrogen) atoms. The average Bonchev–Trinajstić information content (AvgIpc) is 2.60. The lowest BCUT2D eigenvalue weighted by Gasteiger charge is -2.16. The van der Waals surface area contributed by atoms with Crippen molar-refractivity contribution in [2.75, 3.05) is 0 Å². The summed E-state index contributed by atoms with van der Waals surface area (Å²) < 4.78 is 0. The minimum absolute atomic E-state index is 0.260. The van der Waals surface area contributed by atoms with E-state index in [4.69, 9.17) is 5.73 Å². The fourth-order valence-electron chi connectivity index (χ4n) is 2.00. The summed E-state index contributed by atoms with van der Waals surface area (Å²) in [6.07, 6.45) is 3.83. The maximum atomic E-state index is 9.84. The van der Waals surface area contributed by atoms with Crippen LogP contribution in [0.15, 0.2) is 0 Å². The number of aliphatic hydroxyl groups is 1. The Hall–Kier alpha value is -0.870. The Morgan fingerprint density at radius 2 is 2.14 bits per heavy atom. The number of nitrogens with one attached hydrogen (secondary N) is 1. The van der Waals surface area contributed by atoms with Crippen LogP contribution < -0.4 is 5.73 Å². The lowest BCUT2D eigenvalue weighted by molar-refractivity contribution is 0.147. The zero-order valence-electron chi connectivity index (χ0n) is 8.45. The molecule has 0 bridgehead atoms. The van der Waals surface area contributed by atoms with Gasteiger partial charge in [0.25, 0.3) is 0 Å². The Bertz CT molecular complexity index is 319. The van der Waals surface area contributed by atoms with E-state index in [0.717, 1.165) is 18.5 Å². The highest BCUT2D eigenvalue weighted by molar-refractivity contribution is 5.29. The highest BCUT2D eigenvalue weighted by Gasteiger charge is 2.23. The molecule has 0 amide bonds. The van der Waals surface area contributed by atoms with Crippen LogP contribution >= 0.6 is 0 Å². The molecular formula is C10H17N3O. The predicted molar refractivity (Wildman–Crippen MR) is 53.8 cm³/mol. The Labute approximate surface area is 83.5 Å². The molecule has 1 aliphatic rings. The fraction of sp³-hybridized carbons (Fsp3) is 0.700. The molecule has 1 aliphatic carbocycles. The summed E-state index contributed by atoms with van der Waals surface area (Å²) >= 11 is 0. The molecule has 1 heterocycles. The zero-order chi connectivity index (χ0) is 10.1. The molecule has 0 fully saturated rings. The molecule has 0 radical (unpaired) electrons. The summed E-state index contributed by atoms with van der Waals surface area (Å²) in [6.45, 7) is 1.80. The molecule has 0 aromatic carbocycles. The number of nitrogens with two attached hydrogens (primary N) is 1. The molecular weight excluding hydrogens is 178 g/mol. The molecule has 0 spiro atoms. The van der Waals surface area contributed by atoms with Crippen LogP contribution in [-0.4, -0.2) is 21.3 Å². The summed E-state index contributed by atoms with van der Waals surface area (Å²) in [4.78, 5) is 0. The predicted octanol–water partition coefficient (Wildman–Crippen LogP) is 0.669. The molecule has 0 saturated heterocycles. The van der Waals surface area contributed by atoms with Gasteiger partial charge in [-0.25, -0.2) is 0 Å². The van der Waals surface area contributed by atoms with Crippen LogP contribution in [0.4, 0.5) is 0 Å². The van der Waals surface area contributed by atoms with Crippen molar-refractivity contribution in [1.29, 1.82) is 0 Å². The highest BCUT2D eigenvalue weighted by Crippen LogP contribution is 2.26. The van der Waals surface area contributed by atoms with Crippen LogP contribution in [0.25, 0.3) is 0 Å². The minimum atomic E-state index is -0.631. The van der Waals surface area contributed by atoms with Gasteiger partial charge in [-0.05, 0) is 38.2 Å². The molecule has 78 valence electrons. The van der Waals surface area contributed by atoms with Crippen LogP contribution in [0.3, 0.4) is 0 Å². The van der Waals surface area contributed by atoms with Crippen molar-refractivity contribution in [3.05, 3.63) is 17.0 Å². The van der Waals surface area contributed by atoms with Gasteiger partial charge in [-0.3, -0.25) is 5.10 Å². The van der Waals surface area contributed by atoms with E-state index in [2.05, 4.69) is 10.2 Å². The van der Waals surface area contributed by atoms with Crippen molar-refractivity contribution in [2.45, 2.75) is 44.8 Å². The van der Waals surface area contributed by atoms with Gasteiger partial charge in [0.15, 0.2) is 0 Å². The number of hydrogen-bond donors (Lipinski definition) is 3. The van der Waals surface area contributed by atoms with Crippen LogP contribution in [0.1, 0.15) is 42.8 Å². The zero-order valence-corrected chi connectivity index (χ0v) is 8.45. The monoisotopic (exact) mass is 195 g/mol. The normalized spacial score (nSPS) is 20.2. The van der Waals surface area contributed by atoms with Crippen molar-refractivity contribution >= 4 is 0 Å². The SMILES string of the molecule is CC(N)C(O)c1n[nH]c2c1CCCC2. The van der Waals surface area contributed by atoms with Gasteiger partial charge in [-0.15, -0.1) is 0 Å². The van der Waals surface area contributed by atoms with Crippen molar-refractivity contribution in [1.82, 2.24) is 10.2 Å². The highest BCUT2D eigenvalue weighted by atomic mass is 16.3. The first-order chi connectivity index (χ1) is 6.70. The Kier molecular flexibility index (Phi) is 2.56. The standard InChI is InChI=1S/C10H17N3O/c1-6(11)10(14)9-7-4-2-3-5-8(7)12-13-9/h6,10,14H,2-5,11H2,1H3,(H,12,13). The van der Waals surface area contributed by atoms with E-state index in [0.29, 0.717) is 0 Å². The minimum Gasteiger partial charge on any atom is -0.385 e. The third-order valence-corrected chi connectivity index (χ3v) is 2.87. The van der Waals surface area contributed by atoms with Gasteiger partial charge in [0.2, 0.25) is 0 Å². The third-order valence-electron chi connectivity index (χ3n) is 2.87. The summed E-state index contributed by atoms with van der Waals surface area (Å²) in [7, 11) is 0. The molecule has 1 aromatic heterocycles. The quantitative estimate of drug-likeness (QED) is 0.649. The number of fused-ring (bicyclic) bond motifs is 1. The van der Waals surface area contributed by atoms with Crippen molar-refractivity contribution < 1.29 is 5.11 Å². The molecule has 4 N–H and O–H groups in total.